The van der Waals surface area contributed by atoms with Gasteiger partial charge >= 0.3 is 0 Å². The van der Waals surface area contributed by atoms with E-state index in [0.717, 1.165) is 23.3 Å². The number of nitrogens with two attached hydrogens (primary N) is 1. The zero-order valence-corrected chi connectivity index (χ0v) is 17.4. The summed E-state index contributed by atoms with van der Waals surface area (Å²) in [6.45, 7) is 1.92. The van der Waals surface area contributed by atoms with Gasteiger partial charge in [-0.3, -0.25) is 9.59 Å². The number of rotatable bonds is 6. The highest BCUT2D eigenvalue weighted by Gasteiger charge is 2.20. The van der Waals surface area contributed by atoms with Crippen molar-refractivity contribution in [1.29, 1.82) is 0 Å². The number of nitrogens with zero attached hydrogens (tertiary/aromatic N) is 1. The summed E-state index contributed by atoms with van der Waals surface area (Å²) in [5.41, 5.74) is 8.54. The molecule has 1 heterocycles. The molecule has 0 radical (unpaired) electrons. The fourth-order valence-corrected chi connectivity index (χ4v) is 3.28. The Bertz CT molecular complexity index is 1160. The van der Waals surface area contributed by atoms with E-state index in [2.05, 4.69) is 15.6 Å². The SMILES string of the molecule is CCc1cc(NC(=O)C(O)c2cc(F)cc(F)c2)ccc1-c1cnc(N)c(C(=O)NC)c1. The number of nitrogen functional groups attached to an aromatic ring is 1. The monoisotopic (exact) mass is 440 g/mol. The maximum absolute atomic E-state index is 13.4. The molecule has 1 aromatic heterocycles. The zero-order valence-electron chi connectivity index (χ0n) is 17.4. The van der Waals surface area contributed by atoms with Crippen LogP contribution in [0.15, 0.2) is 48.7 Å². The number of aliphatic hydroxyl groups excluding tert-OH is 1. The molecule has 0 aliphatic heterocycles. The number of aryl methyl sites for hydroxylation is 1. The van der Waals surface area contributed by atoms with E-state index in [9.17, 15) is 23.5 Å². The minimum atomic E-state index is -1.75. The molecule has 166 valence electrons. The van der Waals surface area contributed by atoms with Gasteiger partial charge in [0.2, 0.25) is 0 Å². The van der Waals surface area contributed by atoms with Gasteiger partial charge in [0, 0.05) is 30.6 Å². The van der Waals surface area contributed by atoms with E-state index >= 15 is 0 Å². The quantitative estimate of drug-likeness (QED) is 0.470. The number of aliphatic hydroxyl groups is 1. The third-order valence-electron chi connectivity index (χ3n) is 4.90. The zero-order chi connectivity index (χ0) is 23.4. The number of carbonyl (C=O) groups excluding carboxylic acids is 2. The van der Waals surface area contributed by atoms with Crippen LogP contribution in [0.1, 0.15) is 34.5 Å². The lowest BCUT2D eigenvalue weighted by molar-refractivity contribution is -0.124. The molecule has 7 nitrogen and oxygen atoms in total. The Morgan fingerprint density at radius 1 is 1.12 bits per heavy atom. The first-order chi connectivity index (χ1) is 15.2. The molecular formula is C23H22F2N4O3. The van der Waals surface area contributed by atoms with Crippen molar-refractivity contribution in [1.82, 2.24) is 10.3 Å². The van der Waals surface area contributed by atoms with Crippen LogP contribution in [0.3, 0.4) is 0 Å². The van der Waals surface area contributed by atoms with Gasteiger partial charge in [0.05, 0.1) is 5.56 Å². The van der Waals surface area contributed by atoms with Crippen molar-refractivity contribution < 1.29 is 23.5 Å². The van der Waals surface area contributed by atoms with Crippen LogP contribution in [0.5, 0.6) is 0 Å². The van der Waals surface area contributed by atoms with Gasteiger partial charge < -0.3 is 21.5 Å². The fourth-order valence-electron chi connectivity index (χ4n) is 3.28. The molecule has 0 saturated carbocycles. The first-order valence-corrected chi connectivity index (χ1v) is 9.79. The number of pyridine rings is 1. The first kappa shape index (κ1) is 22.8. The van der Waals surface area contributed by atoms with Crippen molar-refractivity contribution in [3.63, 3.8) is 0 Å². The number of anilines is 2. The van der Waals surface area contributed by atoms with Gasteiger partial charge in [0.25, 0.3) is 11.8 Å². The van der Waals surface area contributed by atoms with E-state index in [-0.39, 0.29) is 22.9 Å². The minimum absolute atomic E-state index is 0.109. The number of hydrogen-bond donors (Lipinski definition) is 4. The largest absolute Gasteiger partial charge is 0.383 e. The number of hydrogen-bond acceptors (Lipinski definition) is 5. The summed E-state index contributed by atoms with van der Waals surface area (Å²) >= 11 is 0. The average Bonchev–Trinajstić information content (AvgIpc) is 2.77. The van der Waals surface area contributed by atoms with Gasteiger partial charge in [-0.05, 0) is 53.4 Å². The molecule has 0 fully saturated rings. The second kappa shape index (κ2) is 9.52. The number of aromatic nitrogens is 1. The summed E-state index contributed by atoms with van der Waals surface area (Å²) in [5, 5.41) is 15.2. The Morgan fingerprint density at radius 2 is 1.81 bits per heavy atom. The van der Waals surface area contributed by atoms with Gasteiger partial charge in [-0.2, -0.15) is 0 Å². The Kier molecular flexibility index (Phi) is 6.79. The number of carbonyl (C=O) groups is 2. The molecule has 0 bridgehead atoms. The standard InChI is InChI=1S/C23H22F2N4O3/c1-3-12-8-17(29-23(32)20(30)13-6-15(24)10-16(25)7-13)4-5-18(12)14-9-19(22(31)27-2)21(26)28-11-14/h4-11,20,30H,3H2,1-2H3,(H2,26,28)(H,27,31)(H,29,32). The molecule has 0 aliphatic carbocycles. The number of amides is 2. The van der Waals surface area contributed by atoms with E-state index in [0.29, 0.717) is 23.7 Å². The van der Waals surface area contributed by atoms with Crippen molar-refractivity contribution in [3.05, 3.63) is 77.0 Å². The molecule has 1 unspecified atom stereocenters. The predicted octanol–water partition coefficient (Wildman–Crippen LogP) is 3.20. The maximum atomic E-state index is 13.4. The van der Waals surface area contributed by atoms with Crippen LogP contribution in [0, 0.1) is 11.6 Å². The van der Waals surface area contributed by atoms with Crippen molar-refractivity contribution in [2.75, 3.05) is 18.1 Å². The Hall–Kier alpha value is -3.85. The van der Waals surface area contributed by atoms with Crippen molar-refractivity contribution >= 4 is 23.3 Å². The molecule has 0 aliphatic rings. The van der Waals surface area contributed by atoms with Crippen molar-refractivity contribution in [2.45, 2.75) is 19.4 Å². The topological polar surface area (TPSA) is 117 Å². The van der Waals surface area contributed by atoms with Gasteiger partial charge in [-0.15, -0.1) is 0 Å². The lowest BCUT2D eigenvalue weighted by Crippen LogP contribution is -2.21. The lowest BCUT2D eigenvalue weighted by atomic mass is 9.97. The molecule has 2 aromatic carbocycles. The fraction of sp³-hybridized carbons (Fsp3) is 0.174. The number of nitrogens with one attached hydrogen (secondary N) is 2. The van der Waals surface area contributed by atoms with Crippen molar-refractivity contribution in [3.8, 4) is 11.1 Å². The van der Waals surface area contributed by atoms with Gasteiger partial charge in [-0.1, -0.05) is 13.0 Å². The summed E-state index contributed by atoms with van der Waals surface area (Å²) < 4.78 is 26.8. The Labute approximate surface area is 183 Å². The van der Waals surface area contributed by atoms with Crippen LogP contribution < -0.4 is 16.4 Å². The van der Waals surface area contributed by atoms with E-state index in [1.165, 1.54) is 7.05 Å². The van der Waals surface area contributed by atoms with Crippen LogP contribution in [-0.2, 0) is 11.2 Å². The van der Waals surface area contributed by atoms with E-state index in [4.69, 9.17) is 5.73 Å². The highest BCUT2D eigenvalue weighted by molar-refractivity contribution is 5.99. The predicted molar refractivity (Wildman–Crippen MR) is 117 cm³/mol. The molecular weight excluding hydrogens is 418 g/mol. The summed E-state index contributed by atoms with van der Waals surface area (Å²) in [6.07, 6.45) is 0.397. The molecule has 32 heavy (non-hydrogen) atoms. The second-order valence-corrected chi connectivity index (χ2v) is 7.06. The van der Waals surface area contributed by atoms with Gasteiger partial charge in [-0.25, -0.2) is 13.8 Å². The Balaban J connectivity index is 1.87. The summed E-state index contributed by atoms with van der Waals surface area (Å²) in [6, 6.07) is 9.14. The van der Waals surface area contributed by atoms with Crippen LogP contribution in [0.25, 0.3) is 11.1 Å². The highest BCUT2D eigenvalue weighted by Crippen LogP contribution is 2.29. The van der Waals surface area contributed by atoms with Crippen LogP contribution in [0.4, 0.5) is 20.3 Å². The lowest BCUT2D eigenvalue weighted by Gasteiger charge is -2.15. The van der Waals surface area contributed by atoms with E-state index in [1.807, 2.05) is 6.92 Å². The van der Waals surface area contributed by atoms with Gasteiger partial charge in [0.1, 0.15) is 17.5 Å². The van der Waals surface area contributed by atoms with E-state index < -0.39 is 23.6 Å². The second-order valence-electron chi connectivity index (χ2n) is 7.06. The molecule has 2 amide bonds. The third-order valence-corrected chi connectivity index (χ3v) is 4.90. The summed E-state index contributed by atoms with van der Waals surface area (Å²) in [7, 11) is 1.50. The molecule has 3 rings (SSSR count). The normalized spacial score (nSPS) is 11.7. The van der Waals surface area contributed by atoms with Gasteiger partial charge in [0.15, 0.2) is 6.10 Å². The molecule has 5 N–H and O–H groups in total. The van der Waals surface area contributed by atoms with Crippen molar-refractivity contribution in [2.24, 2.45) is 0 Å². The highest BCUT2D eigenvalue weighted by atomic mass is 19.1. The first-order valence-electron chi connectivity index (χ1n) is 9.79. The molecule has 3 aromatic rings. The van der Waals surface area contributed by atoms with Crippen LogP contribution >= 0.6 is 0 Å². The third kappa shape index (κ3) is 4.89. The Morgan fingerprint density at radius 3 is 2.44 bits per heavy atom. The molecule has 0 spiro atoms. The number of benzene rings is 2. The average molecular weight is 440 g/mol. The maximum Gasteiger partial charge on any atom is 0.257 e. The molecule has 9 heteroatoms. The molecule has 0 saturated heterocycles. The van der Waals surface area contributed by atoms with Crippen LogP contribution in [0.2, 0.25) is 0 Å². The summed E-state index contributed by atoms with van der Waals surface area (Å²) in [5.74, 6) is -2.87. The summed E-state index contributed by atoms with van der Waals surface area (Å²) in [4.78, 5) is 28.5. The minimum Gasteiger partial charge on any atom is -0.383 e. The smallest absolute Gasteiger partial charge is 0.257 e. The van der Waals surface area contributed by atoms with Crippen LogP contribution in [-0.4, -0.2) is 29.0 Å². The number of halogens is 2. The van der Waals surface area contributed by atoms with E-state index in [1.54, 1.807) is 30.5 Å². The molecule has 1 atom stereocenters.